The third kappa shape index (κ3) is 1.98. The average Bonchev–Trinajstić information content (AvgIpc) is 2.29. The van der Waals surface area contributed by atoms with Gasteiger partial charge in [0.2, 0.25) is 0 Å². The number of nitrogens with zero attached hydrogens (tertiary/aromatic N) is 1. The van der Waals surface area contributed by atoms with Gasteiger partial charge in [0.25, 0.3) is 0 Å². The Morgan fingerprint density at radius 2 is 2.33 bits per heavy atom. The molecule has 0 radical (unpaired) electrons. The van der Waals surface area contributed by atoms with E-state index in [4.69, 9.17) is 5.11 Å². The summed E-state index contributed by atoms with van der Waals surface area (Å²) in [4.78, 5) is 3.59. The second-order valence-electron chi connectivity index (χ2n) is 2.68. The van der Waals surface area contributed by atoms with Crippen molar-refractivity contribution in [2.45, 2.75) is 24.6 Å². The monoisotopic (exact) mass is 251 g/mol. The molecule has 0 saturated carbocycles. The number of allylic oxidation sites excluding steroid dienone is 1. The Morgan fingerprint density at radius 3 is 2.75 bits per heavy atom. The molecule has 1 rings (SSSR count). The second-order valence-corrected chi connectivity index (χ2v) is 5.33. The molecule has 0 aromatic rings. The van der Waals surface area contributed by atoms with Crippen LogP contribution in [-0.4, -0.2) is 27.4 Å². The Labute approximate surface area is 86.1 Å². The van der Waals surface area contributed by atoms with E-state index in [9.17, 15) is 0 Å². The molecule has 70 valence electrons. The van der Waals surface area contributed by atoms with Gasteiger partial charge in [0, 0.05) is 30.2 Å². The second kappa shape index (κ2) is 4.53. The molecular formula is C8H14BrNOS. The normalized spacial score (nSPS) is 24.0. The number of thioether (sulfide) groups is 1. The molecule has 0 aliphatic carbocycles. The fourth-order valence-electron chi connectivity index (χ4n) is 1.30. The fourth-order valence-corrected chi connectivity index (χ4v) is 3.74. The van der Waals surface area contributed by atoms with Crippen LogP contribution in [0.25, 0.3) is 0 Å². The molecule has 0 aromatic heterocycles. The molecule has 0 saturated heterocycles. The lowest BCUT2D eigenvalue weighted by atomic mass is 10.3. The first kappa shape index (κ1) is 10.4. The summed E-state index contributed by atoms with van der Waals surface area (Å²) >= 11 is 5.37. The molecule has 0 amide bonds. The maximum Gasteiger partial charge on any atom is 0.135 e. The van der Waals surface area contributed by atoms with E-state index in [2.05, 4.69) is 34.7 Å². The van der Waals surface area contributed by atoms with Crippen LogP contribution in [0.5, 0.6) is 0 Å². The van der Waals surface area contributed by atoms with Gasteiger partial charge in [-0.3, -0.25) is 0 Å². The van der Waals surface area contributed by atoms with E-state index in [0.717, 1.165) is 13.0 Å². The van der Waals surface area contributed by atoms with Gasteiger partial charge in [-0.1, -0.05) is 27.7 Å². The standard InChI is InChI=1S/C8H14BrNOS/c1-3-10-6(2)7(4-5-11)12-8(10)9/h8,11H,3-5H2,1-2H3. The van der Waals surface area contributed by atoms with Crippen LogP contribution in [-0.2, 0) is 0 Å². The number of halogens is 1. The third-order valence-corrected chi connectivity index (χ3v) is 4.29. The number of hydrogen-bond acceptors (Lipinski definition) is 3. The molecular weight excluding hydrogens is 238 g/mol. The molecule has 12 heavy (non-hydrogen) atoms. The topological polar surface area (TPSA) is 23.5 Å². The number of aliphatic hydroxyl groups is 1. The van der Waals surface area contributed by atoms with Crippen LogP contribution in [0.1, 0.15) is 20.3 Å². The van der Waals surface area contributed by atoms with E-state index in [1.165, 1.54) is 10.6 Å². The van der Waals surface area contributed by atoms with Gasteiger partial charge in [0.05, 0.1) is 0 Å². The molecule has 1 atom stereocenters. The van der Waals surface area contributed by atoms with Crippen LogP contribution >= 0.6 is 27.7 Å². The van der Waals surface area contributed by atoms with Crippen molar-refractivity contribution in [3.05, 3.63) is 10.6 Å². The SMILES string of the molecule is CCN1C(C)=C(CCO)SC1Br. The minimum Gasteiger partial charge on any atom is -0.396 e. The first-order valence-corrected chi connectivity index (χ1v) is 5.88. The lowest BCUT2D eigenvalue weighted by molar-refractivity contribution is 0.300. The number of aliphatic hydroxyl groups excluding tert-OH is 1. The van der Waals surface area contributed by atoms with Crippen molar-refractivity contribution in [3.8, 4) is 0 Å². The van der Waals surface area contributed by atoms with Crippen LogP contribution in [0.15, 0.2) is 10.6 Å². The van der Waals surface area contributed by atoms with E-state index in [1.54, 1.807) is 11.8 Å². The smallest absolute Gasteiger partial charge is 0.135 e. The van der Waals surface area contributed by atoms with Gasteiger partial charge in [-0.05, 0) is 13.8 Å². The number of alkyl halides is 1. The van der Waals surface area contributed by atoms with Crippen molar-refractivity contribution in [2.75, 3.05) is 13.2 Å². The summed E-state index contributed by atoms with van der Waals surface area (Å²) in [6.07, 6.45) is 0.787. The van der Waals surface area contributed by atoms with Crippen molar-refractivity contribution in [3.63, 3.8) is 0 Å². The zero-order valence-electron chi connectivity index (χ0n) is 7.38. The maximum absolute atomic E-state index is 8.81. The summed E-state index contributed by atoms with van der Waals surface area (Å²) in [6.45, 7) is 5.52. The largest absolute Gasteiger partial charge is 0.396 e. The van der Waals surface area contributed by atoms with Gasteiger partial charge < -0.3 is 10.0 Å². The predicted molar refractivity (Wildman–Crippen MR) is 57.1 cm³/mol. The molecule has 1 N–H and O–H groups in total. The van der Waals surface area contributed by atoms with Crippen LogP contribution < -0.4 is 0 Å². The Kier molecular flexibility index (Phi) is 3.93. The van der Waals surface area contributed by atoms with E-state index in [-0.39, 0.29) is 6.61 Å². The molecule has 0 aromatic carbocycles. The molecule has 0 fully saturated rings. The highest BCUT2D eigenvalue weighted by molar-refractivity contribution is 9.11. The zero-order valence-corrected chi connectivity index (χ0v) is 9.78. The van der Waals surface area contributed by atoms with Gasteiger partial charge in [-0.15, -0.1) is 0 Å². The fraction of sp³-hybridized carbons (Fsp3) is 0.750. The summed E-state index contributed by atoms with van der Waals surface area (Å²) in [5.41, 5.74) is 1.30. The van der Waals surface area contributed by atoms with Gasteiger partial charge in [-0.25, -0.2) is 0 Å². The van der Waals surface area contributed by atoms with Gasteiger partial charge in [0.15, 0.2) is 0 Å². The Morgan fingerprint density at radius 1 is 1.67 bits per heavy atom. The molecule has 1 unspecified atom stereocenters. The van der Waals surface area contributed by atoms with Crippen molar-refractivity contribution in [1.29, 1.82) is 0 Å². The van der Waals surface area contributed by atoms with E-state index in [0.29, 0.717) is 4.28 Å². The summed E-state index contributed by atoms with van der Waals surface area (Å²) < 4.78 is 0.365. The summed E-state index contributed by atoms with van der Waals surface area (Å²) in [5.74, 6) is 0. The lowest BCUT2D eigenvalue weighted by Crippen LogP contribution is -2.22. The molecule has 1 aliphatic heterocycles. The highest BCUT2D eigenvalue weighted by Crippen LogP contribution is 2.41. The predicted octanol–water partition coefficient (Wildman–Crippen LogP) is 2.35. The van der Waals surface area contributed by atoms with Gasteiger partial charge >= 0.3 is 0 Å². The Bertz CT molecular complexity index is 195. The first-order valence-electron chi connectivity index (χ1n) is 4.08. The van der Waals surface area contributed by atoms with Crippen LogP contribution in [0.3, 0.4) is 0 Å². The minimum absolute atomic E-state index is 0.247. The Hall–Kier alpha value is 0.330. The van der Waals surface area contributed by atoms with E-state index < -0.39 is 0 Å². The molecule has 2 nitrogen and oxygen atoms in total. The highest BCUT2D eigenvalue weighted by atomic mass is 79.9. The van der Waals surface area contributed by atoms with E-state index >= 15 is 0 Å². The van der Waals surface area contributed by atoms with Crippen LogP contribution in [0.2, 0.25) is 0 Å². The van der Waals surface area contributed by atoms with Crippen molar-refractivity contribution in [1.82, 2.24) is 4.90 Å². The quantitative estimate of drug-likeness (QED) is 0.616. The van der Waals surface area contributed by atoms with Gasteiger partial charge in [-0.2, -0.15) is 0 Å². The van der Waals surface area contributed by atoms with Crippen LogP contribution in [0, 0.1) is 0 Å². The van der Waals surface area contributed by atoms with Crippen molar-refractivity contribution in [2.24, 2.45) is 0 Å². The van der Waals surface area contributed by atoms with Crippen molar-refractivity contribution >= 4 is 27.7 Å². The number of hydrogen-bond donors (Lipinski definition) is 1. The van der Waals surface area contributed by atoms with Gasteiger partial charge in [0.1, 0.15) is 4.28 Å². The van der Waals surface area contributed by atoms with Crippen LogP contribution in [0.4, 0.5) is 0 Å². The molecule has 1 heterocycles. The number of rotatable bonds is 3. The Balaban J connectivity index is 2.67. The van der Waals surface area contributed by atoms with Crippen molar-refractivity contribution < 1.29 is 5.11 Å². The first-order chi connectivity index (χ1) is 5.70. The third-order valence-electron chi connectivity index (χ3n) is 2.00. The molecule has 4 heteroatoms. The summed E-state index contributed by atoms with van der Waals surface area (Å²) in [6, 6.07) is 0. The molecule has 0 bridgehead atoms. The minimum atomic E-state index is 0.247. The highest BCUT2D eigenvalue weighted by Gasteiger charge is 2.25. The summed E-state index contributed by atoms with van der Waals surface area (Å²) in [7, 11) is 0. The lowest BCUT2D eigenvalue weighted by Gasteiger charge is -2.20. The average molecular weight is 252 g/mol. The zero-order chi connectivity index (χ0) is 9.14. The molecule has 0 spiro atoms. The summed E-state index contributed by atoms with van der Waals surface area (Å²) in [5, 5.41) is 8.81. The maximum atomic E-state index is 8.81. The molecule has 1 aliphatic rings. The van der Waals surface area contributed by atoms with E-state index in [1.807, 2.05) is 0 Å².